The third-order valence-corrected chi connectivity index (χ3v) is 5.89. The van der Waals surface area contributed by atoms with E-state index in [2.05, 4.69) is 6.07 Å². The van der Waals surface area contributed by atoms with Gasteiger partial charge in [-0.25, -0.2) is 8.42 Å². The summed E-state index contributed by atoms with van der Waals surface area (Å²) in [7, 11) is -3.27. The number of aryl methyl sites for hydroxylation is 1. The monoisotopic (exact) mass is 287 g/mol. The molecular weight excluding hydrogens is 270 g/mol. The van der Waals surface area contributed by atoms with E-state index >= 15 is 0 Å². The van der Waals surface area contributed by atoms with Crippen LogP contribution in [0.25, 0.3) is 0 Å². The molecule has 0 saturated heterocycles. The number of nitrogen functional groups attached to an aromatic ring is 1. The Morgan fingerprint density at radius 3 is 2.65 bits per heavy atom. The predicted octanol–water partition coefficient (Wildman–Crippen LogP) is 2.69. The lowest BCUT2D eigenvalue weighted by Gasteiger charge is -2.29. The number of benzene rings is 2. The second-order valence-corrected chi connectivity index (χ2v) is 7.41. The maximum atomic E-state index is 12.5. The minimum absolute atomic E-state index is 0.119. The zero-order valence-electron chi connectivity index (χ0n) is 11.3. The Kier molecular flexibility index (Phi) is 3.05. The molecule has 1 unspecified atom stereocenters. The Morgan fingerprint density at radius 2 is 1.95 bits per heavy atom. The maximum absolute atomic E-state index is 12.5. The van der Waals surface area contributed by atoms with E-state index in [1.807, 2.05) is 18.2 Å². The number of sulfone groups is 1. The van der Waals surface area contributed by atoms with E-state index in [0.29, 0.717) is 10.6 Å². The SMILES string of the molecule is Cc1cc(N)ccc1S(=O)(=O)CC1Cc2ccccc21. The largest absolute Gasteiger partial charge is 0.399 e. The first-order valence-corrected chi connectivity index (χ1v) is 8.29. The highest BCUT2D eigenvalue weighted by molar-refractivity contribution is 7.91. The van der Waals surface area contributed by atoms with Crippen molar-refractivity contribution in [1.82, 2.24) is 0 Å². The Labute approximate surface area is 119 Å². The van der Waals surface area contributed by atoms with Gasteiger partial charge in [-0.1, -0.05) is 24.3 Å². The topological polar surface area (TPSA) is 60.2 Å². The van der Waals surface area contributed by atoms with Gasteiger partial charge in [0.25, 0.3) is 0 Å². The van der Waals surface area contributed by atoms with Crippen LogP contribution in [0.4, 0.5) is 5.69 Å². The van der Waals surface area contributed by atoms with E-state index in [0.717, 1.165) is 12.0 Å². The molecule has 1 atom stereocenters. The molecule has 4 heteroatoms. The van der Waals surface area contributed by atoms with Crippen LogP contribution in [-0.4, -0.2) is 14.2 Å². The van der Waals surface area contributed by atoms with E-state index in [-0.39, 0.29) is 11.7 Å². The summed E-state index contributed by atoms with van der Waals surface area (Å²) in [5.41, 5.74) is 9.43. The van der Waals surface area contributed by atoms with Gasteiger partial charge in [0, 0.05) is 11.6 Å². The van der Waals surface area contributed by atoms with Crippen LogP contribution in [0.5, 0.6) is 0 Å². The highest BCUT2D eigenvalue weighted by atomic mass is 32.2. The van der Waals surface area contributed by atoms with Crippen LogP contribution in [0, 0.1) is 6.92 Å². The van der Waals surface area contributed by atoms with Gasteiger partial charge in [-0.15, -0.1) is 0 Å². The summed E-state index contributed by atoms with van der Waals surface area (Å²) >= 11 is 0. The van der Waals surface area contributed by atoms with Crippen LogP contribution in [0.2, 0.25) is 0 Å². The van der Waals surface area contributed by atoms with Crippen molar-refractivity contribution < 1.29 is 8.42 Å². The highest BCUT2D eigenvalue weighted by Crippen LogP contribution is 2.37. The molecule has 0 saturated carbocycles. The molecule has 0 spiro atoms. The lowest BCUT2D eigenvalue weighted by atomic mass is 9.79. The number of hydrogen-bond donors (Lipinski definition) is 1. The molecule has 0 heterocycles. The van der Waals surface area contributed by atoms with E-state index in [1.165, 1.54) is 11.1 Å². The lowest BCUT2D eigenvalue weighted by molar-refractivity contribution is 0.576. The lowest BCUT2D eigenvalue weighted by Crippen LogP contribution is -2.25. The zero-order valence-corrected chi connectivity index (χ0v) is 12.2. The fourth-order valence-electron chi connectivity index (χ4n) is 2.89. The van der Waals surface area contributed by atoms with Gasteiger partial charge in [-0.05, 0) is 48.2 Å². The average Bonchev–Trinajstić information content (AvgIpc) is 2.35. The molecule has 0 aliphatic heterocycles. The molecule has 3 rings (SSSR count). The van der Waals surface area contributed by atoms with Gasteiger partial charge in [-0.3, -0.25) is 0 Å². The first-order chi connectivity index (χ1) is 9.47. The summed E-state index contributed by atoms with van der Waals surface area (Å²) in [5.74, 6) is 0.294. The third-order valence-electron chi connectivity index (χ3n) is 3.92. The van der Waals surface area contributed by atoms with Gasteiger partial charge in [0.2, 0.25) is 0 Å². The van der Waals surface area contributed by atoms with Crippen molar-refractivity contribution in [3.05, 3.63) is 59.2 Å². The van der Waals surface area contributed by atoms with E-state index in [1.54, 1.807) is 25.1 Å². The maximum Gasteiger partial charge on any atom is 0.179 e. The van der Waals surface area contributed by atoms with Crippen molar-refractivity contribution in [2.45, 2.75) is 24.2 Å². The smallest absolute Gasteiger partial charge is 0.179 e. The molecule has 3 nitrogen and oxygen atoms in total. The number of rotatable bonds is 3. The minimum atomic E-state index is -3.27. The number of fused-ring (bicyclic) bond motifs is 1. The summed E-state index contributed by atoms with van der Waals surface area (Å²) in [5, 5.41) is 0. The van der Waals surface area contributed by atoms with Gasteiger partial charge in [0.15, 0.2) is 9.84 Å². The minimum Gasteiger partial charge on any atom is -0.399 e. The van der Waals surface area contributed by atoms with Crippen molar-refractivity contribution in [2.24, 2.45) is 0 Å². The summed E-state index contributed by atoms with van der Waals surface area (Å²) in [6.07, 6.45) is 0.851. The molecule has 0 radical (unpaired) electrons. The summed E-state index contributed by atoms with van der Waals surface area (Å²) in [6, 6.07) is 13.0. The Bertz CT molecular complexity index is 766. The second-order valence-electron chi connectivity index (χ2n) is 5.41. The average molecular weight is 287 g/mol. The summed E-state index contributed by atoms with van der Waals surface area (Å²) < 4.78 is 25.1. The van der Waals surface area contributed by atoms with Crippen molar-refractivity contribution in [3.63, 3.8) is 0 Å². The first-order valence-electron chi connectivity index (χ1n) is 6.64. The van der Waals surface area contributed by atoms with Gasteiger partial charge >= 0.3 is 0 Å². The standard InChI is InChI=1S/C16H17NO2S/c1-11-8-14(17)6-7-16(11)20(18,19)10-13-9-12-4-2-3-5-15(12)13/h2-8,13H,9-10,17H2,1H3. The van der Waals surface area contributed by atoms with E-state index in [4.69, 9.17) is 5.73 Å². The van der Waals surface area contributed by atoms with E-state index in [9.17, 15) is 8.42 Å². The van der Waals surface area contributed by atoms with Crippen molar-refractivity contribution in [2.75, 3.05) is 11.5 Å². The van der Waals surface area contributed by atoms with Gasteiger partial charge < -0.3 is 5.73 Å². The Morgan fingerprint density at radius 1 is 1.20 bits per heavy atom. The van der Waals surface area contributed by atoms with Crippen molar-refractivity contribution in [1.29, 1.82) is 0 Å². The predicted molar refractivity (Wildman–Crippen MR) is 80.5 cm³/mol. The summed E-state index contributed by atoms with van der Waals surface area (Å²) in [6.45, 7) is 1.79. The third kappa shape index (κ3) is 2.20. The Hall–Kier alpha value is -1.81. The number of anilines is 1. The summed E-state index contributed by atoms with van der Waals surface area (Å²) in [4.78, 5) is 0.399. The fourth-order valence-corrected chi connectivity index (χ4v) is 4.72. The van der Waals surface area contributed by atoms with Crippen LogP contribution >= 0.6 is 0 Å². The number of hydrogen-bond acceptors (Lipinski definition) is 3. The zero-order chi connectivity index (χ0) is 14.3. The number of nitrogens with two attached hydrogens (primary N) is 1. The first kappa shape index (κ1) is 13.2. The highest BCUT2D eigenvalue weighted by Gasteiger charge is 2.31. The van der Waals surface area contributed by atoms with Crippen LogP contribution < -0.4 is 5.73 Å². The van der Waals surface area contributed by atoms with E-state index < -0.39 is 9.84 Å². The molecule has 1 aliphatic rings. The van der Waals surface area contributed by atoms with Gasteiger partial charge in [0.1, 0.15) is 0 Å². The molecule has 0 aromatic heterocycles. The second kappa shape index (κ2) is 4.63. The normalized spacial score (nSPS) is 17.4. The van der Waals surface area contributed by atoms with Crippen LogP contribution in [0.3, 0.4) is 0 Å². The molecule has 20 heavy (non-hydrogen) atoms. The van der Waals surface area contributed by atoms with Crippen molar-refractivity contribution in [3.8, 4) is 0 Å². The molecule has 2 aromatic carbocycles. The molecule has 0 bridgehead atoms. The Balaban J connectivity index is 1.88. The molecule has 0 amide bonds. The molecule has 2 N–H and O–H groups in total. The molecule has 1 aliphatic carbocycles. The quantitative estimate of drug-likeness (QED) is 0.883. The van der Waals surface area contributed by atoms with Crippen molar-refractivity contribution >= 4 is 15.5 Å². The molecule has 2 aromatic rings. The fraction of sp³-hybridized carbons (Fsp3) is 0.250. The van der Waals surface area contributed by atoms with Crippen LogP contribution in [0.1, 0.15) is 22.6 Å². The van der Waals surface area contributed by atoms with Crippen LogP contribution in [-0.2, 0) is 16.3 Å². The van der Waals surface area contributed by atoms with Gasteiger partial charge in [-0.2, -0.15) is 0 Å². The molecule has 104 valence electrons. The van der Waals surface area contributed by atoms with Gasteiger partial charge in [0.05, 0.1) is 10.6 Å². The molecule has 0 fully saturated rings. The molecular formula is C16H17NO2S. The van der Waals surface area contributed by atoms with Crippen LogP contribution in [0.15, 0.2) is 47.4 Å².